The van der Waals surface area contributed by atoms with E-state index in [2.05, 4.69) is 10.6 Å². The molecule has 2 aromatic carbocycles. The number of rotatable bonds is 7. The third kappa shape index (κ3) is 5.43. The zero-order valence-electron chi connectivity index (χ0n) is 14.0. The van der Waals surface area contributed by atoms with Crippen molar-refractivity contribution in [3.8, 4) is 5.75 Å². The number of hydrogen-bond donors (Lipinski definition) is 2. The lowest BCUT2D eigenvalue weighted by molar-refractivity contribution is -0.116. The second-order valence-corrected chi connectivity index (χ2v) is 5.50. The van der Waals surface area contributed by atoms with Gasteiger partial charge in [0.2, 0.25) is 5.91 Å². The quantitative estimate of drug-likeness (QED) is 0.768. The molecule has 5 heteroatoms. The molecule has 0 saturated heterocycles. The molecule has 2 N–H and O–H groups in total. The molecule has 0 unspecified atom stereocenters. The van der Waals surface area contributed by atoms with E-state index in [1.54, 1.807) is 43.5 Å². The molecule has 0 aromatic heterocycles. The maximum absolute atomic E-state index is 11.9. The van der Waals surface area contributed by atoms with Gasteiger partial charge in [0.25, 0.3) is 5.91 Å². The summed E-state index contributed by atoms with van der Waals surface area (Å²) in [4.78, 5) is 23.8. The third-order valence-corrected chi connectivity index (χ3v) is 3.55. The minimum Gasteiger partial charge on any atom is -0.497 e. The first-order valence-corrected chi connectivity index (χ1v) is 7.87. The molecule has 2 aromatic rings. The Kier molecular flexibility index (Phi) is 6.37. The largest absolute Gasteiger partial charge is 0.497 e. The Morgan fingerprint density at radius 1 is 1.00 bits per heavy atom. The van der Waals surface area contributed by atoms with Gasteiger partial charge in [-0.1, -0.05) is 17.7 Å². The van der Waals surface area contributed by atoms with Crippen molar-refractivity contribution < 1.29 is 14.3 Å². The lowest BCUT2D eigenvalue weighted by atomic mass is 10.1. The van der Waals surface area contributed by atoms with Gasteiger partial charge in [-0.25, -0.2) is 0 Å². The first kappa shape index (κ1) is 17.5. The number of hydrogen-bond acceptors (Lipinski definition) is 3. The van der Waals surface area contributed by atoms with Crippen LogP contribution in [0.3, 0.4) is 0 Å². The molecule has 0 aliphatic heterocycles. The van der Waals surface area contributed by atoms with Crippen LogP contribution in [0.4, 0.5) is 5.69 Å². The summed E-state index contributed by atoms with van der Waals surface area (Å²) < 4.78 is 5.07. The zero-order chi connectivity index (χ0) is 17.4. The minimum atomic E-state index is -0.120. The van der Waals surface area contributed by atoms with Crippen LogP contribution in [0, 0.1) is 6.92 Å². The predicted molar refractivity (Wildman–Crippen MR) is 94.4 cm³/mol. The standard InChI is InChI=1S/C19H22N2O3/c1-14-5-7-15(8-6-14)19(23)20-13-3-4-18(22)21-16-9-11-17(24-2)12-10-16/h5-12H,3-4,13H2,1-2H3,(H,20,23)(H,21,22). The Balaban J connectivity index is 1.68. The maximum Gasteiger partial charge on any atom is 0.251 e. The normalized spacial score (nSPS) is 10.1. The molecule has 2 rings (SSSR count). The van der Waals surface area contributed by atoms with Crippen LogP contribution >= 0.6 is 0 Å². The summed E-state index contributed by atoms with van der Waals surface area (Å²) in [5, 5.41) is 5.63. The number of benzene rings is 2. The highest BCUT2D eigenvalue weighted by molar-refractivity contribution is 5.94. The van der Waals surface area contributed by atoms with Crippen LogP contribution in [-0.2, 0) is 4.79 Å². The molecule has 24 heavy (non-hydrogen) atoms. The van der Waals surface area contributed by atoms with Gasteiger partial charge in [-0.2, -0.15) is 0 Å². The summed E-state index contributed by atoms with van der Waals surface area (Å²) in [5.74, 6) is 0.544. The van der Waals surface area contributed by atoms with E-state index in [9.17, 15) is 9.59 Å². The van der Waals surface area contributed by atoms with E-state index >= 15 is 0 Å². The first-order chi connectivity index (χ1) is 11.6. The number of nitrogens with one attached hydrogen (secondary N) is 2. The van der Waals surface area contributed by atoms with Crippen molar-refractivity contribution in [1.29, 1.82) is 0 Å². The van der Waals surface area contributed by atoms with Gasteiger partial charge in [-0.3, -0.25) is 9.59 Å². The van der Waals surface area contributed by atoms with E-state index in [1.807, 2.05) is 19.1 Å². The number of anilines is 1. The van der Waals surface area contributed by atoms with Gasteiger partial charge in [-0.05, 0) is 49.7 Å². The van der Waals surface area contributed by atoms with Gasteiger partial charge in [0, 0.05) is 24.2 Å². The Morgan fingerprint density at radius 3 is 2.29 bits per heavy atom. The fraction of sp³-hybridized carbons (Fsp3) is 0.263. The Hall–Kier alpha value is -2.82. The van der Waals surface area contributed by atoms with Crippen LogP contribution in [0.15, 0.2) is 48.5 Å². The fourth-order valence-corrected chi connectivity index (χ4v) is 2.16. The first-order valence-electron chi connectivity index (χ1n) is 7.87. The molecule has 0 aliphatic carbocycles. The molecule has 0 bridgehead atoms. The second kappa shape index (κ2) is 8.72. The number of methoxy groups -OCH3 is 1. The van der Waals surface area contributed by atoms with E-state index in [4.69, 9.17) is 4.74 Å². The van der Waals surface area contributed by atoms with Gasteiger partial charge in [0.1, 0.15) is 5.75 Å². The molecule has 0 saturated carbocycles. The summed E-state index contributed by atoms with van der Waals surface area (Å²) in [6.07, 6.45) is 0.930. The van der Waals surface area contributed by atoms with Crippen LogP contribution in [0.5, 0.6) is 5.75 Å². The monoisotopic (exact) mass is 326 g/mol. The summed E-state index contributed by atoms with van der Waals surface area (Å²) in [5.41, 5.74) is 2.47. The summed E-state index contributed by atoms with van der Waals surface area (Å²) in [6.45, 7) is 2.44. The highest BCUT2D eigenvalue weighted by atomic mass is 16.5. The molecule has 5 nitrogen and oxygen atoms in total. The van der Waals surface area contributed by atoms with E-state index in [-0.39, 0.29) is 11.8 Å². The molecule has 0 heterocycles. The maximum atomic E-state index is 11.9. The summed E-state index contributed by atoms with van der Waals surface area (Å²) in [6, 6.07) is 14.5. The fourth-order valence-electron chi connectivity index (χ4n) is 2.16. The van der Waals surface area contributed by atoms with Crippen molar-refractivity contribution in [2.45, 2.75) is 19.8 Å². The Morgan fingerprint density at radius 2 is 1.67 bits per heavy atom. The molecular weight excluding hydrogens is 304 g/mol. The molecule has 2 amide bonds. The van der Waals surface area contributed by atoms with Gasteiger partial charge in [0.05, 0.1) is 7.11 Å². The number of aryl methyl sites for hydroxylation is 1. The molecule has 0 aliphatic rings. The lowest BCUT2D eigenvalue weighted by Gasteiger charge is -2.07. The summed E-state index contributed by atoms with van der Waals surface area (Å²) >= 11 is 0. The predicted octanol–water partition coefficient (Wildman–Crippen LogP) is 3.15. The SMILES string of the molecule is COc1ccc(NC(=O)CCCNC(=O)c2ccc(C)cc2)cc1. The summed E-state index contributed by atoms with van der Waals surface area (Å²) in [7, 11) is 1.60. The van der Waals surface area contributed by atoms with Crippen molar-refractivity contribution in [2.75, 3.05) is 19.0 Å². The van der Waals surface area contributed by atoms with Gasteiger partial charge in [0.15, 0.2) is 0 Å². The Bertz CT molecular complexity index is 679. The van der Waals surface area contributed by atoms with Crippen LogP contribution in [0.2, 0.25) is 0 Å². The van der Waals surface area contributed by atoms with E-state index in [0.29, 0.717) is 24.9 Å². The van der Waals surface area contributed by atoms with E-state index < -0.39 is 0 Å². The van der Waals surface area contributed by atoms with Crippen molar-refractivity contribution >= 4 is 17.5 Å². The van der Waals surface area contributed by atoms with Crippen LogP contribution in [-0.4, -0.2) is 25.5 Å². The molecule has 126 valence electrons. The van der Waals surface area contributed by atoms with Gasteiger partial charge in [-0.15, -0.1) is 0 Å². The average molecular weight is 326 g/mol. The van der Waals surface area contributed by atoms with Gasteiger partial charge < -0.3 is 15.4 Å². The lowest BCUT2D eigenvalue weighted by Crippen LogP contribution is -2.25. The molecule has 0 spiro atoms. The van der Waals surface area contributed by atoms with Crippen molar-refractivity contribution in [1.82, 2.24) is 5.32 Å². The van der Waals surface area contributed by atoms with E-state index in [1.165, 1.54) is 0 Å². The van der Waals surface area contributed by atoms with Crippen LogP contribution < -0.4 is 15.4 Å². The smallest absolute Gasteiger partial charge is 0.251 e. The highest BCUT2D eigenvalue weighted by Crippen LogP contribution is 2.15. The topological polar surface area (TPSA) is 67.4 Å². The van der Waals surface area contributed by atoms with Crippen molar-refractivity contribution in [3.63, 3.8) is 0 Å². The number of carbonyl (C=O) groups excluding carboxylic acids is 2. The van der Waals surface area contributed by atoms with Crippen molar-refractivity contribution in [2.24, 2.45) is 0 Å². The van der Waals surface area contributed by atoms with E-state index in [0.717, 1.165) is 17.0 Å². The highest BCUT2D eigenvalue weighted by Gasteiger charge is 2.06. The molecule has 0 radical (unpaired) electrons. The number of amides is 2. The molecule has 0 atom stereocenters. The van der Waals surface area contributed by atoms with Crippen molar-refractivity contribution in [3.05, 3.63) is 59.7 Å². The Labute approximate surface area is 142 Å². The third-order valence-electron chi connectivity index (χ3n) is 3.55. The zero-order valence-corrected chi connectivity index (χ0v) is 14.0. The average Bonchev–Trinajstić information content (AvgIpc) is 2.60. The minimum absolute atomic E-state index is 0.0789. The second-order valence-electron chi connectivity index (χ2n) is 5.50. The van der Waals surface area contributed by atoms with Crippen LogP contribution in [0.1, 0.15) is 28.8 Å². The van der Waals surface area contributed by atoms with Crippen LogP contribution in [0.25, 0.3) is 0 Å². The number of carbonyl (C=O) groups is 2. The molecule has 0 fully saturated rings. The number of ether oxygens (including phenoxy) is 1. The van der Waals surface area contributed by atoms with Gasteiger partial charge >= 0.3 is 0 Å². The molecular formula is C19H22N2O3.